The summed E-state index contributed by atoms with van der Waals surface area (Å²) in [5, 5.41) is 2.93. The summed E-state index contributed by atoms with van der Waals surface area (Å²) in [6.45, 7) is 0. The van der Waals surface area contributed by atoms with Gasteiger partial charge in [0.15, 0.2) is 0 Å². The first-order valence-electron chi connectivity index (χ1n) is 4.89. The van der Waals surface area contributed by atoms with E-state index in [0.717, 1.165) is 10.6 Å². The Balaban J connectivity index is 2.13. The summed E-state index contributed by atoms with van der Waals surface area (Å²) in [5.74, 6) is 5.25. The lowest BCUT2D eigenvalue weighted by molar-refractivity contribution is 0.548. The predicted octanol–water partition coefficient (Wildman–Crippen LogP) is 2.03. The molecule has 3 N–H and O–H groups in total. The van der Waals surface area contributed by atoms with Gasteiger partial charge in [-0.3, -0.25) is 11.3 Å². The van der Waals surface area contributed by atoms with E-state index >= 15 is 0 Å². The smallest absolute Gasteiger partial charge is 0.123 e. The predicted molar refractivity (Wildman–Crippen MR) is 62.3 cm³/mol. The Labute approximate surface area is 97.1 Å². The summed E-state index contributed by atoms with van der Waals surface area (Å²) in [7, 11) is 0. The molecule has 16 heavy (non-hydrogen) atoms. The number of nitrogens with two attached hydrogens (primary N) is 1. The first kappa shape index (κ1) is 11.2. The molecule has 0 saturated carbocycles. The first-order valence-corrected chi connectivity index (χ1v) is 5.77. The number of thiazole rings is 1. The molecule has 0 amide bonds. The Bertz CT molecular complexity index is 427. The van der Waals surface area contributed by atoms with Crippen molar-refractivity contribution in [2.75, 3.05) is 0 Å². The fourth-order valence-electron chi connectivity index (χ4n) is 1.50. The average molecular weight is 237 g/mol. The van der Waals surface area contributed by atoms with E-state index in [2.05, 4.69) is 10.4 Å². The lowest BCUT2D eigenvalue weighted by Gasteiger charge is -2.14. The van der Waals surface area contributed by atoms with Gasteiger partial charge < -0.3 is 0 Å². The number of rotatable bonds is 4. The summed E-state index contributed by atoms with van der Waals surface area (Å²) in [6, 6.07) is 6.29. The average Bonchev–Trinajstić information content (AvgIpc) is 2.80. The molecule has 5 heteroatoms. The van der Waals surface area contributed by atoms with Crippen molar-refractivity contribution in [2.24, 2.45) is 5.84 Å². The minimum absolute atomic E-state index is 0.0354. The summed E-state index contributed by atoms with van der Waals surface area (Å²) < 4.78 is 12.8. The maximum atomic E-state index is 12.8. The lowest BCUT2D eigenvalue weighted by atomic mass is 10.0. The van der Waals surface area contributed by atoms with Crippen LogP contribution in [0.1, 0.15) is 16.6 Å². The molecule has 3 nitrogen and oxygen atoms in total. The van der Waals surface area contributed by atoms with Gasteiger partial charge in [-0.1, -0.05) is 12.1 Å². The van der Waals surface area contributed by atoms with Crippen molar-refractivity contribution in [3.05, 3.63) is 52.2 Å². The molecule has 0 aliphatic heterocycles. The van der Waals surface area contributed by atoms with E-state index in [1.165, 1.54) is 12.1 Å². The van der Waals surface area contributed by atoms with Gasteiger partial charge in [0.25, 0.3) is 0 Å². The summed E-state index contributed by atoms with van der Waals surface area (Å²) >= 11 is 1.58. The minimum atomic E-state index is -0.242. The molecule has 0 aliphatic rings. The van der Waals surface area contributed by atoms with Crippen LogP contribution in [-0.4, -0.2) is 4.98 Å². The normalized spacial score (nSPS) is 12.6. The van der Waals surface area contributed by atoms with E-state index in [-0.39, 0.29) is 11.9 Å². The first-order chi connectivity index (χ1) is 7.79. The van der Waals surface area contributed by atoms with Crippen molar-refractivity contribution >= 4 is 11.3 Å². The molecule has 1 unspecified atom stereocenters. The highest BCUT2D eigenvalue weighted by molar-refractivity contribution is 7.09. The molecule has 1 aromatic carbocycles. The molecular weight excluding hydrogens is 225 g/mol. The largest absolute Gasteiger partial charge is 0.271 e. The Morgan fingerprint density at radius 2 is 2.12 bits per heavy atom. The third-order valence-corrected chi connectivity index (χ3v) is 3.14. The van der Waals surface area contributed by atoms with Crippen molar-refractivity contribution in [1.82, 2.24) is 10.4 Å². The number of benzene rings is 1. The third-order valence-electron chi connectivity index (χ3n) is 2.34. The van der Waals surface area contributed by atoms with Crippen molar-refractivity contribution in [1.29, 1.82) is 0 Å². The highest BCUT2D eigenvalue weighted by Gasteiger charge is 2.11. The maximum absolute atomic E-state index is 12.8. The number of nitrogens with one attached hydrogen (secondary N) is 1. The van der Waals surface area contributed by atoms with E-state index in [1.807, 2.05) is 5.38 Å². The molecule has 0 fully saturated rings. The van der Waals surface area contributed by atoms with Crippen LogP contribution in [0.4, 0.5) is 4.39 Å². The molecule has 84 valence electrons. The van der Waals surface area contributed by atoms with E-state index < -0.39 is 0 Å². The van der Waals surface area contributed by atoms with Crippen LogP contribution >= 0.6 is 11.3 Å². The molecule has 0 aliphatic carbocycles. The molecule has 0 saturated heterocycles. The molecule has 1 aromatic heterocycles. The second-order valence-electron chi connectivity index (χ2n) is 3.40. The lowest BCUT2D eigenvalue weighted by Crippen LogP contribution is -2.29. The highest BCUT2D eigenvalue weighted by Crippen LogP contribution is 2.19. The minimum Gasteiger partial charge on any atom is -0.271 e. The van der Waals surface area contributed by atoms with Gasteiger partial charge in [-0.25, -0.2) is 9.37 Å². The molecule has 1 heterocycles. The van der Waals surface area contributed by atoms with Crippen molar-refractivity contribution in [3.63, 3.8) is 0 Å². The fourth-order valence-corrected chi connectivity index (χ4v) is 2.16. The number of halogens is 1. The van der Waals surface area contributed by atoms with Crippen molar-refractivity contribution in [3.8, 4) is 0 Å². The number of hydrazine groups is 1. The van der Waals surface area contributed by atoms with Gasteiger partial charge in [-0.05, 0) is 17.7 Å². The third kappa shape index (κ3) is 2.63. The van der Waals surface area contributed by atoms with Gasteiger partial charge in [0.1, 0.15) is 5.82 Å². The molecular formula is C11H12FN3S. The summed E-state index contributed by atoms with van der Waals surface area (Å²) in [5.41, 5.74) is 3.68. The topological polar surface area (TPSA) is 50.9 Å². The second-order valence-corrected chi connectivity index (χ2v) is 4.38. The second kappa shape index (κ2) is 5.16. The molecule has 0 radical (unpaired) electrons. The maximum Gasteiger partial charge on any atom is 0.123 e. The van der Waals surface area contributed by atoms with E-state index in [0.29, 0.717) is 6.42 Å². The van der Waals surface area contributed by atoms with E-state index in [4.69, 9.17) is 5.84 Å². The molecule has 1 atom stereocenters. The summed E-state index contributed by atoms with van der Waals surface area (Å²) in [4.78, 5) is 4.20. The molecule has 2 rings (SSSR count). The van der Waals surface area contributed by atoms with Crippen LogP contribution in [0.25, 0.3) is 0 Å². The Kier molecular flexibility index (Phi) is 3.61. The fraction of sp³-hybridized carbons (Fsp3) is 0.182. The van der Waals surface area contributed by atoms with Crippen LogP contribution in [0, 0.1) is 5.82 Å². The number of hydrogen-bond acceptors (Lipinski definition) is 4. The van der Waals surface area contributed by atoms with E-state index in [1.54, 1.807) is 29.7 Å². The quantitative estimate of drug-likeness (QED) is 0.632. The van der Waals surface area contributed by atoms with Gasteiger partial charge in [0, 0.05) is 18.0 Å². The van der Waals surface area contributed by atoms with Crippen LogP contribution in [0.2, 0.25) is 0 Å². The Hall–Kier alpha value is -1.30. The van der Waals surface area contributed by atoms with Gasteiger partial charge in [-0.15, -0.1) is 11.3 Å². The molecule has 0 spiro atoms. The van der Waals surface area contributed by atoms with Gasteiger partial charge in [0.05, 0.1) is 11.0 Å². The molecule has 0 bridgehead atoms. The van der Waals surface area contributed by atoms with Crippen molar-refractivity contribution in [2.45, 2.75) is 12.5 Å². The van der Waals surface area contributed by atoms with Gasteiger partial charge >= 0.3 is 0 Å². The van der Waals surface area contributed by atoms with Gasteiger partial charge in [-0.2, -0.15) is 0 Å². The van der Waals surface area contributed by atoms with Crippen LogP contribution in [0.15, 0.2) is 35.8 Å². The number of nitrogens with zero attached hydrogens (tertiary/aromatic N) is 1. The monoisotopic (exact) mass is 237 g/mol. The SMILES string of the molecule is NNC(Cc1nccs1)c1ccc(F)cc1. The van der Waals surface area contributed by atoms with Crippen molar-refractivity contribution < 1.29 is 4.39 Å². The Morgan fingerprint density at radius 1 is 1.38 bits per heavy atom. The molecule has 2 aromatic rings. The zero-order chi connectivity index (χ0) is 11.4. The Morgan fingerprint density at radius 3 is 2.69 bits per heavy atom. The standard InChI is InChI=1S/C11H12FN3S/c12-9-3-1-8(2-4-9)10(15-13)7-11-14-5-6-16-11/h1-6,10,15H,7,13H2. The van der Waals surface area contributed by atoms with Crippen LogP contribution < -0.4 is 11.3 Å². The number of aromatic nitrogens is 1. The van der Waals surface area contributed by atoms with Gasteiger partial charge in [0.2, 0.25) is 0 Å². The van der Waals surface area contributed by atoms with E-state index in [9.17, 15) is 4.39 Å². The van der Waals surface area contributed by atoms with Crippen LogP contribution in [-0.2, 0) is 6.42 Å². The van der Waals surface area contributed by atoms with Crippen LogP contribution in [0.3, 0.4) is 0 Å². The highest BCUT2D eigenvalue weighted by atomic mass is 32.1. The van der Waals surface area contributed by atoms with Crippen LogP contribution in [0.5, 0.6) is 0 Å². The zero-order valence-corrected chi connectivity index (χ0v) is 9.38. The zero-order valence-electron chi connectivity index (χ0n) is 8.56. The summed E-state index contributed by atoms with van der Waals surface area (Å²) in [6.07, 6.45) is 2.47. The number of hydrogen-bond donors (Lipinski definition) is 2.